The minimum atomic E-state index is -0.813. The van der Waals surface area contributed by atoms with Crippen LogP contribution in [0.2, 0.25) is 0 Å². The Morgan fingerprint density at radius 2 is 1.74 bits per heavy atom. The highest BCUT2D eigenvalue weighted by atomic mass is 16.4. The van der Waals surface area contributed by atoms with Gasteiger partial charge in [-0.2, -0.15) is 0 Å². The molecule has 0 aliphatic rings. The van der Waals surface area contributed by atoms with Gasteiger partial charge in [-0.1, -0.05) is 12.1 Å². The van der Waals surface area contributed by atoms with Crippen LogP contribution in [-0.4, -0.2) is 22.6 Å². The van der Waals surface area contributed by atoms with Crippen molar-refractivity contribution in [2.45, 2.75) is 39.2 Å². The molecule has 0 atom stereocenters. The molecule has 1 rings (SSSR count). The molecule has 5 nitrogen and oxygen atoms in total. The molecule has 19 heavy (non-hydrogen) atoms. The van der Waals surface area contributed by atoms with Crippen molar-refractivity contribution in [2.24, 2.45) is 0 Å². The van der Waals surface area contributed by atoms with Crippen molar-refractivity contribution in [2.75, 3.05) is 5.32 Å². The van der Waals surface area contributed by atoms with Crippen molar-refractivity contribution in [1.29, 1.82) is 0 Å². The Kier molecular flexibility index (Phi) is 4.92. The van der Waals surface area contributed by atoms with E-state index in [9.17, 15) is 9.59 Å². The van der Waals surface area contributed by atoms with E-state index in [0.29, 0.717) is 12.1 Å². The summed E-state index contributed by atoms with van der Waals surface area (Å²) in [7, 11) is 0. The normalized spacial score (nSPS) is 10.9. The maximum Gasteiger partial charge on any atom is 0.319 e. The van der Waals surface area contributed by atoms with Crippen LogP contribution in [0.3, 0.4) is 0 Å². The molecule has 0 heterocycles. The van der Waals surface area contributed by atoms with Gasteiger partial charge in [0.25, 0.3) is 0 Å². The van der Waals surface area contributed by atoms with Crippen molar-refractivity contribution in [3.05, 3.63) is 29.8 Å². The van der Waals surface area contributed by atoms with Crippen molar-refractivity contribution < 1.29 is 14.7 Å². The van der Waals surface area contributed by atoms with E-state index in [1.54, 1.807) is 12.1 Å². The van der Waals surface area contributed by atoms with E-state index in [1.165, 1.54) is 0 Å². The number of rotatable bonds is 4. The minimum absolute atomic E-state index is 0.108. The smallest absolute Gasteiger partial charge is 0.319 e. The molecule has 0 aliphatic carbocycles. The molecule has 0 radical (unpaired) electrons. The van der Waals surface area contributed by atoms with Gasteiger partial charge in [0.15, 0.2) is 0 Å². The number of aliphatic carboxylic acids is 1. The number of aryl methyl sites for hydroxylation is 1. The number of benzene rings is 1. The van der Waals surface area contributed by atoms with Crippen LogP contribution in [0.15, 0.2) is 24.3 Å². The zero-order chi connectivity index (χ0) is 14.5. The van der Waals surface area contributed by atoms with Crippen molar-refractivity contribution >= 4 is 17.7 Å². The summed E-state index contributed by atoms with van der Waals surface area (Å²) in [6.07, 6.45) is 0.598. The summed E-state index contributed by atoms with van der Waals surface area (Å²) in [6, 6.07) is 6.90. The van der Waals surface area contributed by atoms with Crippen LogP contribution >= 0.6 is 0 Å². The van der Waals surface area contributed by atoms with Crippen molar-refractivity contribution in [3.8, 4) is 0 Å². The third-order valence-corrected chi connectivity index (χ3v) is 2.33. The second-order valence-electron chi connectivity index (χ2n) is 5.42. The van der Waals surface area contributed by atoms with Crippen LogP contribution in [0.25, 0.3) is 0 Å². The van der Waals surface area contributed by atoms with Gasteiger partial charge in [-0.05, 0) is 44.9 Å². The van der Waals surface area contributed by atoms with Gasteiger partial charge in [-0.3, -0.25) is 4.79 Å². The molecule has 0 saturated carbocycles. The molecule has 5 heteroatoms. The number of amides is 2. The average molecular weight is 264 g/mol. The van der Waals surface area contributed by atoms with Crippen LogP contribution in [0, 0.1) is 0 Å². The first-order chi connectivity index (χ1) is 8.76. The number of urea groups is 1. The van der Waals surface area contributed by atoms with Crippen LogP contribution in [0.4, 0.5) is 10.5 Å². The zero-order valence-corrected chi connectivity index (χ0v) is 11.5. The zero-order valence-electron chi connectivity index (χ0n) is 11.5. The minimum Gasteiger partial charge on any atom is -0.481 e. The summed E-state index contributed by atoms with van der Waals surface area (Å²) in [5.41, 5.74) is 1.33. The Morgan fingerprint density at radius 1 is 1.16 bits per heavy atom. The van der Waals surface area contributed by atoms with Gasteiger partial charge in [-0.25, -0.2) is 4.79 Å². The summed E-state index contributed by atoms with van der Waals surface area (Å²) in [4.78, 5) is 22.1. The van der Waals surface area contributed by atoms with E-state index in [1.807, 2.05) is 32.9 Å². The molecule has 2 amide bonds. The highest BCUT2D eigenvalue weighted by molar-refractivity contribution is 5.89. The van der Waals surface area contributed by atoms with Gasteiger partial charge in [-0.15, -0.1) is 0 Å². The molecule has 0 aromatic heterocycles. The van der Waals surface area contributed by atoms with Crippen LogP contribution in [0.5, 0.6) is 0 Å². The largest absolute Gasteiger partial charge is 0.481 e. The summed E-state index contributed by atoms with van der Waals surface area (Å²) >= 11 is 0. The Bertz CT molecular complexity index is 447. The maximum atomic E-state index is 11.6. The summed E-state index contributed by atoms with van der Waals surface area (Å²) in [5, 5.41) is 14.1. The lowest BCUT2D eigenvalue weighted by Crippen LogP contribution is -2.43. The summed E-state index contributed by atoms with van der Waals surface area (Å²) in [5.74, 6) is -0.813. The van der Waals surface area contributed by atoms with Crippen LogP contribution in [-0.2, 0) is 11.2 Å². The molecule has 104 valence electrons. The predicted molar refractivity (Wildman–Crippen MR) is 74.3 cm³/mol. The van der Waals surface area contributed by atoms with Gasteiger partial charge in [0, 0.05) is 17.6 Å². The van der Waals surface area contributed by atoms with E-state index < -0.39 is 5.97 Å². The van der Waals surface area contributed by atoms with E-state index in [2.05, 4.69) is 10.6 Å². The number of carbonyl (C=O) groups is 2. The highest BCUT2D eigenvalue weighted by Gasteiger charge is 2.13. The van der Waals surface area contributed by atoms with Crippen molar-refractivity contribution in [3.63, 3.8) is 0 Å². The first-order valence-corrected chi connectivity index (χ1v) is 6.16. The Balaban J connectivity index is 2.52. The Morgan fingerprint density at radius 3 is 2.21 bits per heavy atom. The number of nitrogens with one attached hydrogen (secondary N) is 2. The first kappa shape index (κ1) is 15.0. The summed E-state index contributed by atoms with van der Waals surface area (Å²) < 4.78 is 0. The van der Waals surface area contributed by atoms with Crippen molar-refractivity contribution in [1.82, 2.24) is 5.32 Å². The van der Waals surface area contributed by atoms with E-state index >= 15 is 0 Å². The Labute approximate surface area is 113 Å². The van der Waals surface area contributed by atoms with E-state index in [-0.39, 0.29) is 18.0 Å². The molecular weight excluding hydrogens is 244 g/mol. The number of carbonyl (C=O) groups excluding carboxylic acids is 1. The third-order valence-electron chi connectivity index (χ3n) is 2.33. The molecule has 3 N–H and O–H groups in total. The molecule has 0 unspecified atom stereocenters. The molecule has 0 spiro atoms. The molecule has 0 bridgehead atoms. The number of carboxylic acid groups (broad SMARTS) is 1. The van der Waals surface area contributed by atoms with E-state index in [0.717, 1.165) is 5.56 Å². The quantitative estimate of drug-likeness (QED) is 0.782. The van der Waals surface area contributed by atoms with Gasteiger partial charge in [0.05, 0.1) is 0 Å². The molecule has 0 aliphatic heterocycles. The lowest BCUT2D eigenvalue weighted by molar-refractivity contribution is -0.136. The fraction of sp³-hybridized carbons (Fsp3) is 0.429. The number of hydrogen-bond donors (Lipinski definition) is 3. The molecule has 1 aromatic rings. The average Bonchev–Trinajstić information content (AvgIpc) is 2.25. The lowest BCUT2D eigenvalue weighted by Gasteiger charge is -2.20. The summed E-state index contributed by atoms with van der Waals surface area (Å²) in [6.45, 7) is 5.71. The second-order valence-corrected chi connectivity index (χ2v) is 5.42. The van der Waals surface area contributed by atoms with Crippen LogP contribution in [0.1, 0.15) is 32.8 Å². The predicted octanol–water partition coefficient (Wildman–Crippen LogP) is 2.62. The monoisotopic (exact) mass is 264 g/mol. The van der Waals surface area contributed by atoms with Gasteiger partial charge < -0.3 is 15.7 Å². The molecular formula is C14H20N2O3. The Hall–Kier alpha value is -2.04. The molecule has 0 saturated heterocycles. The molecule has 0 fully saturated rings. The fourth-order valence-electron chi connectivity index (χ4n) is 1.51. The van der Waals surface area contributed by atoms with Crippen LogP contribution < -0.4 is 10.6 Å². The lowest BCUT2D eigenvalue weighted by atomic mass is 10.1. The third kappa shape index (κ3) is 6.45. The fourth-order valence-corrected chi connectivity index (χ4v) is 1.51. The number of anilines is 1. The molecule has 1 aromatic carbocycles. The van der Waals surface area contributed by atoms with Gasteiger partial charge in [0.1, 0.15) is 0 Å². The standard InChI is InChI=1S/C14H20N2O3/c1-14(2,3)16-13(19)15-11-7-4-10(5-8-11)6-9-12(17)18/h4-5,7-8H,6,9H2,1-3H3,(H,17,18)(H2,15,16,19). The first-order valence-electron chi connectivity index (χ1n) is 6.16. The highest BCUT2D eigenvalue weighted by Crippen LogP contribution is 2.11. The van der Waals surface area contributed by atoms with E-state index in [4.69, 9.17) is 5.11 Å². The number of hydrogen-bond acceptors (Lipinski definition) is 2. The van der Waals surface area contributed by atoms with Gasteiger partial charge in [0.2, 0.25) is 0 Å². The van der Waals surface area contributed by atoms with Gasteiger partial charge >= 0.3 is 12.0 Å². The second kappa shape index (κ2) is 6.22. The topological polar surface area (TPSA) is 78.4 Å². The SMILES string of the molecule is CC(C)(C)NC(=O)Nc1ccc(CCC(=O)O)cc1. The number of carboxylic acids is 1. The maximum absolute atomic E-state index is 11.6.